The molecule has 8 heteroatoms. The van der Waals surface area contributed by atoms with Crippen molar-refractivity contribution in [2.24, 2.45) is 4.99 Å². The Morgan fingerprint density at radius 2 is 2.04 bits per heavy atom. The first-order chi connectivity index (χ1) is 12.7. The van der Waals surface area contributed by atoms with Crippen molar-refractivity contribution < 1.29 is 9.47 Å². The van der Waals surface area contributed by atoms with Crippen LogP contribution in [-0.4, -0.2) is 73.5 Å². The van der Waals surface area contributed by atoms with Gasteiger partial charge in [0.2, 0.25) is 0 Å². The molecule has 0 bridgehead atoms. The number of guanidine groups is 1. The molecule has 0 aromatic carbocycles. The third kappa shape index (κ3) is 8.78. The number of hydrogen-bond donors (Lipinski definition) is 1. The topological polar surface area (TPSA) is 63.9 Å². The van der Waals surface area contributed by atoms with Gasteiger partial charge in [0.15, 0.2) is 5.96 Å². The third-order valence-electron chi connectivity index (χ3n) is 4.83. The van der Waals surface area contributed by atoms with Crippen LogP contribution in [0.15, 0.2) is 17.4 Å². The smallest absolute Gasteiger partial charge is 0.193 e. The second kappa shape index (κ2) is 14.2. The number of piperidine rings is 1. The predicted molar refractivity (Wildman–Crippen MR) is 120 cm³/mol. The molecule has 156 valence electrons. The Morgan fingerprint density at radius 3 is 2.67 bits per heavy atom. The van der Waals surface area contributed by atoms with Gasteiger partial charge in [-0.25, -0.2) is 4.98 Å². The minimum absolute atomic E-state index is 0. The van der Waals surface area contributed by atoms with Gasteiger partial charge in [0.05, 0.1) is 6.10 Å². The van der Waals surface area contributed by atoms with Crippen LogP contribution in [0.4, 0.5) is 0 Å². The summed E-state index contributed by atoms with van der Waals surface area (Å²) in [7, 11) is 3.60. The van der Waals surface area contributed by atoms with E-state index in [4.69, 9.17) is 9.47 Å². The Labute approximate surface area is 180 Å². The summed E-state index contributed by atoms with van der Waals surface area (Å²) in [6.45, 7) is 7.60. The summed E-state index contributed by atoms with van der Waals surface area (Å²) >= 11 is 0. The molecular weight excluding hydrogens is 457 g/mol. The Morgan fingerprint density at radius 1 is 1.26 bits per heavy atom. The number of rotatable bonds is 10. The summed E-state index contributed by atoms with van der Waals surface area (Å²) in [5.74, 6) is 2.10. The predicted octanol–water partition coefficient (Wildman–Crippen LogP) is 2.68. The zero-order valence-electron chi connectivity index (χ0n) is 17.0. The first-order valence-electron chi connectivity index (χ1n) is 9.78. The number of likely N-dealkylation sites (tertiary alicyclic amines) is 1. The molecule has 1 aliphatic rings. The summed E-state index contributed by atoms with van der Waals surface area (Å²) in [5.41, 5.74) is 0. The minimum atomic E-state index is 0. The lowest BCUT2D eigenvalue weighted by Gasteiger charge is -2.34. The average molecular weight is 493 g/mol. The van der Waals surface area contributed by atoms with Gasteiger partial charge in [0, 0.05) is 65.9 Å². The van der Waals surface area contributed by atoms with Gasteiger partial charge in [-0.3, -0.25) is 4.99 Å². The minimum Gasteiger partial charge on any atom is -0.385 e. The van der Waals surface area contributed by atoms with Crippen LogP contribution in [-0.2, 0) is 16.0 Å². The lowest BCUT2D eigenvalue weighted by Crippen LogP contribution is -2.47. The van der Waals surface area contributed by atoms with Crippen molar-refractivity contribution in [1.29, 1.82) is 0 Å². The number of nitrogens with zero attached hydrogens (tertiary/aromatic N) is 4. The van der Waals surface area contributed by atoms with Crippen LogP contribution in [0, 0.1) is 6.92 Å². The normalized spacial score (nSPS) is 15.7. The van der Waals surface area contributed by atoms with Gasteiger partial charge in [-0.15, -0.1) is 24.0 Å². The molecular formula is C19H36IN5O2. The van der Waals surface area contributed by atoms with Gasteiger partial charge in [-0.05, 0) is 39.0 Å². The largest absolute Gasteiger partial charge is 0.385 e. The molecule has 0 unspecified atom stereocenters. The van der Waals surface area contributed by atoms with Gasteiger partial charge < -0.3 is 24.3 Å². The molecule has 0 saturated carbocycles. The van der Waals surface area contributed by atoms with E-state index in [1.807, 2.05) is 26.4 Å². The zero-order valence-corrected chi connectivity index (χ0v) is 19.4. The fourth-order valence-electron chi connectivity index (χ4n) is 3.27. The highest BCUT2D eigenvalue weighted by molar-refractivity contribution is 14.0. The van der Waals surface area contributed by atoms with Crippen LogP contribution in [0.25, 0.3) is 0 Å². The maximum absolute atomic E-state index is 5.93. The standard InChI is InChI=1S/C19H35N5O2.HI/c1-17-21-10-14-23(17)11-5-4-9-22-19(20-2)24-12-7-18(8-13-24)26-16-6-15-25-3;/h10,14,18H,4-9,11-13,15-16H2,1-3H3,(H,20,22);1H. The van der Waals surface area contributed by atoms with E-state index in [2.05, 4.69) is 24.8 Å². The van der Waals surface area contributed by atoms with E-state index in [9.17, 15) is 0 Å². The van der Waals surface area contributed by atoms with Gasteiger partial charge in [0.1, 0.15) is 5.82 Å². The number of imidazole rings is 1. The van der Waals surface area contributed by atoms with E-state index < -0.39 is 0 Å². The van der Waals surface area contributed by atoms with Crippen LogP contribution in [0.2, 0.25) is 0 Å². The number of aromatic nitrogens is 2. The molecule has 2 rings (SSSR count). The number of hydrogen-bond acceptors (Lipinski definition) is 4. The van der Waals surface area contributed by atoms with Gasteiger partial charge in [-0.2, -0.15) is 0 Å². The van der Waals surface area contributed by atoms with Crippen molar-refractivity contribution in [1.82, 2.24) is 19.8 Å². The molecule has 1 saturated heterocycles. The highest BCUT2D eigenvalue weighted by Crippen LogP contribution is 2.14. The number of methoxy groups -OCH3 is 1. The van der Waals surface area contributed by atoms with E-state index in [0.29, 0.717) is 6.10 Å². The summed E-state index contributed by atoms with van der Waals surface area (Å²) in [4.78, 5) is 11.0. The number of unbranched alkanes of at least 4 members (excludes halogenated alkanes) is 1. The summed E-state index contributed by atoms with van der Waals surface area (Å²) in [6, 6.07) is 0. The van der Waals surface area contributed by atoms with Crippen molar-refractivity contribution in [3.05, 3.63) is 18.2 Å². The van der Waals surface area contributed by atoms with Crippen LogP contribution in [0.5, 0.6) is 0 Å². The molecule has 0 atom stereocenters. The molecule has 1 fully saturated rings. The Kier molecular flexibility index (Phi) is 12.7. The molecule has 0 radical (unpaired) electrons. The van der Waals surface area contributed by atoms with Crippen molar-refractivity contribution in [2.75, 3.05) is 47.0 Å². The fourth-order valence-corrected chi connectivity index (χ4v) is 3.27. The van der Waals surface area contributed by atoms with E-state index in [-0.39, 0.29) is 24.0 Å². The fraction of sp³-hybridized carbons (Fsp3) is 0.789. The van der Waals surface area contributed by atoms with E-state index in [1.165, 1.54) is 0 Å². The summed E-state index contributed by atoms with van der Waals surface area (Å²) < 4.78 is 13.2. The molecule has 0 amide bonds. The molecule has 0 spiro atoms. The molecule has 1 aromatic rings. The molecule has 0 aliphatic carbocycles. The number of aliphatic imine (C=N–C) groups is 1. The average Bonchev–Trinajstić information content (AvgIpc) is 3.07. The SMILES string of the molecule is CN=C(NCCCCn1ccnc1C)N1CCC(OCCCOC)CC1.I. The molecule has 27 heavy (non-hydrogen) atoms. The van der Waals surface area contributed by atoms with Crippen LogP contribution >= 0.6 is 24.0 Å². The molecule has 1 aromatic heterocycles. The monoisotopic (exact) mass is 493 g/mol. The highest BCUT2D eigenvalue weighted by atomic mass is 127. The van der Waals surface area contributed by atoms with Crippen molar-refractivity contribution in [2.45, 2.75) is 51.7 Å². The van der Waals surface area contributed by atoms with Gasteiger partial charge in [-0.1, -0.05) is 0 Å². The molecule has 1 aliphatic heterocycles. The number of ether oxygens (including phenoxy) is 2. The number of nitrogens with one attached hydrogen (secondary N) is 1. The van der Waals surface area contributed by atoms with Crippen molar-refractivity contribution >= 4 is 29.9 Å². The van der Waals surface area contributed by atoms with E-state index >= 15 is 0 Å². The summed E-state index contributed by atoms with van der Waals surface area (Å²) in [6.07, 6.45) is 9.64. The van der Waals surface area contributed by atoms with Crippen LogP contribution in [0.1, 0.15) is 37.9 Å². The molecule has 2 heterocycles. The third-order valence-corrected chi connectivity index (χ3v) is 4.83. The highest BCUT2D eigenvalue weighted by Gasteiger charge is 2.21. The lowest BCUT2D eigenvalue weighted by molar-refractivity contribution is 0.00991. The first-order valence-corrected chi connectivity index (χ1v) is 9.78. The van der Waals surface area contributed by atoms with Gasteiger partial charge >= 0.3 is 0 Å². The van der Waals surface area contributed by atoms with Crippen LogP contribution < -0.4 is 5.32 Å². The maximum atomic E-state index is 5.93. The maximum Gasteiger partial charge on any atom is 0.193 e. The second-order valence-electron chi connectivity index (χ2n) is 6.75. The lowest BCUT2D eigenvalue weighted by atomic mass is 10.1. The Hall–Kier alpha value is -0.870. The summed E-state index contributed by atoms with van der Waals surface area (Å²) in [5, 5.41) is 3.50. The number of aryl methyl sites for hydroxylation is 2. The van der Waals surface area contributed by atoms with Gasteiger partial charge in [0.25, 0.3) is 0 Å². The second-order valence-corrected chi connectivity index (χ2v) is 6.75. The zero-order chi connectivity index (χ0) is 18.6. The van der Waals surface area contributed by atoms with Crippen LogP contribution in [0.3, 0.4) is 0 Å². The number of halogens is 1. The molecule has 7 nitrogen and oxygen atoms in total. The quantitative estimate of drug-likeness (QED) is 0.235. The molecule has 1 N–H and O–H groups in total. The van der Waals surface area contributed by atoms with Crippen molar-refractivity contribution in [3.63, 3.8) is 0 Å². The van der Waals surface area contributed by atoms with E-state index in [1.54, 1.807) is 7.11 Å². The van der Waals surface area contributed by atoms with E-state index in [0.717, 1.165) is 83.3 Å². The Bertz CT molecular complexity index is 530. The van der Waals surface area contributed by atoms with Crippen molar-refractivity contribution in [3.8, 4) is 0 Å². The first kappa shape index (κ1) is 24.2. The Balaban J connectivity index is 0.00000364.